The van der Waals surface area contributed by atoms with Crippen LogP contribution in [0.5, 0.6) is 0 Å². The molecule has 0 spiro atoms. The van der Waals surface area contributed by atoms with E-state index in [1.165, 1.54) is 4.90 Å². The highest BCUT2D eigenvalue weighted by molar-refractivity contribution is 5.72. The van der Waals surface area contributed by atoms with Crippen molar-refractivity contribution in [3.8, 4) is 0 Å². The third-order valence-electron chi connectivity index (χ3n) is 2.00. The maximum Gasteiger partial charge on any atom is 0.315 e. The number of aliphatic hydroxyl groups excluding tert-OH is 1. The van der Waals surface area contributed by atoms with Gasteiger partial charge in [-0.3, -0.25) is 0 Å². The van der Waals surface area contributed by atoms with Gasteiger partial charge < -0.3 is 15.7 Å². The second-order valence-electron chi connectivity index (χ2n) is 2.63. The summed E-state index contributed by atoms with van der Waals surface area (Å²) in [7, 11) is 0. The van der Waals surface area contributed by atoms with Gasteiger partial charge in [0.25, 0.3) is 0 Å². The van der Waals surface area contributed by atoms with Gasteiger partial charge in [0, 0.05) is 6.54 Å². The van der Waals surface area contributed by atoms with E-state index < -0.39 is 12.1 Å². The summed E-state index contributed by atoms with van der Waals surface area (Å²) in [5, 5.41) is 9.17. The first-order valence-electron chi connectivity index (χ1n) is 3.37. The number of hydrogen-bond donors (Lipinski definition) is 2. The van der Waals surface area contributed by atoms with Crippen LogP contribution in [0.25, 0.3) is 0 Å². The lowest BCUT2D eigenvalue weighted by Crippen LogP contribution is -2.40. The van der Waals surface area contributed by atoms with Gasteiger partial charge in [0.2, 0.25) is 0 Å². The molecule has 1 fully saturated rings. The van der Waals surface area contributed by atoms with Gasteiger partial charge in [-0.25, -0.2) is 4.79 Å². The van der Waals surface area contributed by atoms with Crippen LogP contribution in [0.4, 0.5) is 4.79 Å². The Hall–Kier alpha value is -0.770. The molecular weight excluding hydrogens is 132 g/mol. The minimum absolute atomic E-state index is 0.113. The van der Waals surface area contributed by atoms with Crippen LogP contribution < -0.4 is 5.73 Å². The van der Waals surface area contributed by atoms with E-state index in [0.29, 0.717) is 13.0 Å². The number of carbonyl (C=O) groups excluding carboxylic acids is 1. The minimum atomic E-state index is -0.441. The molecule has 0 aromatic heterocycles. The lowest BCUT2D eigenvalue weighted by atomic mass is 10.2. The van der Waals surface area contributed by atoms with Crippen LogP contribution in [-0.4, -0.2) is 34.7 Å². The second-order valence-corrected chi connectivity index (χ2v) is 2.63. The fourth-order valence-electron chi connectivity index (χ4n) is 1.23. The molecule has 1 saturated heterocycles. The van der Waals surface area contributed by atoms with Gasteiger partial charge in [-0.1, -0.05) is 0 Å². The van der Waals surface area contributed by atoms with E-state index >= 15 is 0 Å². The molecule has 4 heteroatoms. The Kier molecular flexibility index (Phi) is 1.80. The molecule has 58 valence electrons. The van der Waals surface area contributed by atoms with Crippen LogP contribution in [0.1, 0.15) is 13.3 Å². The number of primary amides is 1. The molecule has 1 heterocycles. The highest BCUT2D eigenvalue weighted by Crippen LogP contribution is 2.16. The van der Waals surface area contributed by atoms with Crippen molar-refractivity contribution in [1.29, 1.82) is 0 Å². The number of carbonyl (C=O) groups is 1. The molecule has 1 rings (SSSR count). The summed E-state index contributed by atoms with van der Waals surface area (Å²) in [6.07, 6.45) is 0.247. The molecule has 1 aliphatic rings. The Balaban J connectivity index is 2.57. The van der Waals surface area contributed by atoms with Gasteiger partial charge in [0.15, 0.2) is 0 Å². The molecule has 2 atom stereocenters. The second kappa shape index (κ2) is 2.46. The highest BCUT2D eigenvalue weighted by atomic mass is 16.3. The molecule has 0 aromatic rings. The predicted octanol–water partition coefficient (Wildman–Crippen LogP) is -0.480. The van der Waals surface area contributed by atoms with Crippen molar-refractivity contribution in [1.82, 2.24) is 4.90 Å². The Bertz CT molecular complexity index is 149. The number of likely N-dealkylation sites (tertiary alicyclic amines) is 1. The van der Waals surface area contributed by atoms with E-state index in [4.69, 9.17) is 10.8 Å². The fraction of sp³-hybridized carbons (Fsp3) is 0.833. The van der Waals surface area contributed by atoms with Crippen molar-refractivity contribution in [3.05, 3.63) is 0 Å². The van der Waals surface area contributed by atoms with Crippen LogP contribution in [-0.2, 0) is 0 Å². The Morgan fingerprint density at radius 3 is 2.60 bits per heavy atom. The van der Waals surface area contributed by atoms with E-state index in [-0.39, 0.29) is 6.04 Å². The highest BCUT2D eigenvalue weighted by Gasteiger charge is 2.30. The lowest BCUT2D eigenvalue weighted by Gasteiger charge is -2.19. The maximum absolute atomic E-state index is 10.6. The van der Waals surface area contributed by atoms with E-state index in [2.05, 4.69) is 0 Å². The molecule has 1 unspecified atom stereocenters. The molecule has 4 nitrogen and oxygen atoms in total. The van der Waals surface area contributed by atoms with E-state index in [0.717, 1.165) is 0 Å². The number of aliphatic hydroxyl groups is 1. The Morgan fingerprint density at radius 2 is 2.40 bits per heavy atom. The standard InChI is InChI=1S/C6H12N2O2/c1-4-5(9)2-3-8(4)6(7)10/h4-5,9H,2-3H2,1H3,(H2,7,10)/t4?,5-/m0/s1. The molecule has 0 aromatic carbocycles. The fourth-order valence-corrected chi connectivity index (χ4v) is 1.23. The summed E-state index contributed by atoms with van der Waals surface area (Å²) < 4.78 is 0. The number of nitrogens with two attached hydrogens (primary N) is 1. The number of hydrogen-bond acceptors (Lipinski definition) is 2. The minimum Gasteiger partial charge on any atom is -0.391 e. The topological polar surface area (TPSA) is 66.6 Å². The molecule has 3 N–H and O–H groups in total. The van der Waals surface area contributed by atoms with E-state index in [9.17, 15) is 4.79 Å². The average Bonchev–Trinajstić information content (AvgIpc) is 2.14. The molecule has 10 heavy (non-hydrogen) atoms. The monoisotopic (exact) mass is 144 g/mol. The Labute approximate surface area is 59.6 Å². The van der Waals surface area contributed by atoms with Crippen LogP contribution in [0.2, 0.25) is 0 Å². The van der Waals surface area contributed by atoms with Crippen LogP contribution in [0, 0.1) is 0 Å². The molecular formula is C6H12N2O2. The average molecular weight is 144 g/mol. The molecule has 0 bridgehead atoms. The number of urea groups is 1. The number of nitrogens with zero attached hydrogens (tertiary/aromatic N) is 1. The quantitative estimate of drug-likeness (QED) is 0.482. The van der Waals surface area contributed by atoms with Crippen LogP contribution >= 0.6 is 0 Å². The number of amides is 2. The zero-order chi connectivity index (χ0) is 7.72. The zero-order valence-corrected chi connectivity index (χ0v) is 5.95. The summed E-state index contributed by atoms with van der Waals surface area (Å²) in [6.45, 7) is 2.38. The summed E-state index contributed by atoms with van der Waals surface area (Å²) in [5.74, 6) is 0. The maximum atomic E-state index is 10.6. The van der Waals surface area contributed by atoms with Crippen molar-refractivity contribution in [2.45, 2.75) is 25.5 Å². The summed E-state index contributed by atoms with van der Waals surface area (Å²) in [5.41, 5.74) is 5.03. The summed E-state index contributed by atoms with van der Waals surface area (Å²) in [4.78, 5) is 12.1. The summed E-state index contributed by atoms with van der Waals surface area (Å²) >= 11 is 0. The number of rotatable bonds is 0. The van der Waals surface area contributed by atoms with Gasteiger partial charge in [-0.05, 0) is 13.3 Å². The molecule has 0 saturated carbocycles. The first kappa shape index (κ1) is 7.34. The summed E-state index contributed by atoms with van der Waals surface area (Å²) in [6, 6.07) is -0.554. The smallest absolute Gasteiger partial charge is 0.315 e. The first-order chi connectivity index (χ1) is 4.63. The van der Waals surface area contributed by atoms with Crippen molar-refractivity contribution in [2.24, 2.45) is 5.73 Å². The first-order valence-corrected chi connectivity index (χ1v) is 3.37. The SMILES string of the molecule is CC1[C@@H](O)CCN1C(N)=O. The lowest BCUT2D eigenvalue weighted by molar-refractivity contribution is 0.134. The van der Waals surface area contributed by atoms with Crippen molar-refractivity contribution in [3.63, 3.8) is 0 Å². The van der Waals surface area contributed by atoms with E-state index in [1.54, 1.807) is 6.92 Å². The molecule has 0 aliphatic carbocycles. The van der Waals surface area contributed by atoms with E-state index in [1.807, 2.05) is 0 Å². The zero-order valence-electron chi connectivity index (χ0n) is 5.95. The van der Waals surface area contributed by atoms with Gasteiger partial charge >= 0.3 is 6.03 Å². The van der Waals surface area contributed by atoms with Crippen LogP contribution in [0.15, 0.2) is 0 Å². The molecule has 2 amide bonds. The third-order valence-corrected chi connectivity index (χ3v) is 2.00. The molecule has 0 radical (unpaired) electrons. The van der Waals surface area contributed by atoms with Crippen molar-refractivity contribution in [2.75, 3.05) is 6.54 Å². The van der Waals surface area contributed by atoms with Gasteiger partial charge in [0.1, 0.15) is 0 Å². The third kappa shape index (κ3) is 1.07. The normalized spacial score (nSPS) is 32.8. The Morgan fingerprint density at radius 1 is 1.80 bits per heavy atom. The van der Waals surface area contributed by atoms with Crippen molar-refractivity contribution >= 4 is 6.03 Å². The van der Waals surface area contributed by atoms with Crippen molar-refractivity contribution < 1.29 is 9.90 Å². The molecule has 1 aliphatic heterocycles. The van der Waals surface area contributed by atoms with Gasteiger partial charge in [0.05, 0.1) is 12.1 Å². The predicted molar refractivity (Wildman–Crippen MR) is 36.4 cm³/mol. The van der Waals surface area contributed by atoms with Gasteiger partial charge in [-0.2, -0.15) is 0 Å². The largest absolute Gasteiger partial charge is 0.391 e. The van der Waals surface area contributed by atoms with Crippen LogP contribution in [0.3, 0.4) is 0 Å². The van der Waals surface area contributed by atoms with Gasteiger partial charge in [-0.15, -0.1) is 0 Å².